The van der Waals surface area contributed by atoms with E-state index in [1.165, 1.54) is 0 Å². The summed E-state index contributed by atoms with van der Waals surface area (Å²) in [7, 11) is 0. The van der Waals surface area contributed by atoms with E-state index in [2.05, 4.69) is 6.58 Å². The summed E-state index contributed by atoms with van der Waals surface area (Å²) in [5, 5.41) is 65.9. The van der Waals surface area contributed by atoms with E-state index in [-0.39, 0.29) is 24.5 Å². The molecular weight excluding hydrogens is 448 g/mol. The van der Waals surface area contributed by atoms with Gasteiger partial charge in [-0.25, -0.2) is 0 Å². The van der Waals surface area contributed by atoms with Crippen LogP contribution >= 0.6 is 0 Å². The molecule has 0 aromatic rings. The van der Waals surface area contributed by atoms with Crippen LogP contribution in [0, 0.1) is 28.6 Å². The van der Waals surface area contributed by atoms with Crippen molar-refractivity contribution in [3.05, 3.63) is 23.8 Å². The smallest absolute Gasteiger partial charge is 0.159 e. The highest BCUT2D eigenvalue weighted by atomic mass is 16.3. The molecule has 0 unspecified atom stereocenters. The van der Waals surface area contributed by atoms with Crippen LogP contribution in [0.15, 0.2) is 23.8 Å². The fourth-order valence-corrected chi connectivity index (χ4v) is 8.23. The molecule has 0 saturated heterocycles. The Morgan fingerprint density at radius 3 is 2.34 bits per heavy atom. The predicted molar refractivity (Wildman–Crippen MR) is 131 cm³/mol. The fraction of sp³-hybridized carbons (Fsp3) is 0.821. The maximum absolute atomic E-state index is 13.3. The van der Waals surface area contributed by atoms with E-state index in [0.717, 1.165) is 0 Å². The SMILES string of the molecule is C=C(C[C@@H](O)[C@@](C)(O)[C@H]1CC[C@@]2(O)C3=CC(=O)[C@H]4C[C@@H](O)[C@@H](O)C[C@]4(C)[C@@H]3CC[C@@]12C)C(C)(C)O. The lowest BCUT2D eigenvalue weighted by molar-refractivity contribution is -0.175. The third-order valence-corrected chi connectivity index (χ3v) is 10.8. The highest BCUT2D eigenvalue weighted by molar-refractivity contribution is 5.95. The summed E-state index contributed by atoms with van der Waals surface area (Å²) in [6, 6.07) is 0. The minimum Gasteiger partial charge on any atom is -0.390 e. The summed E-state index contributed by atoms with van der Waals surface area (Å²) in [6.45, 7) is 12.6. The highest BCUT2D eigenvalue weighted by Gasteiger charge is 2.69. The van der Waals surface area contributed by atoms with E-state index in [1.807, 2.05) is 13.8 Å². The van der Waals surface area contributed by atoms with Crippen molar-refractivity contribution in [1.82, 2.24) is 0 Å². The molecule has 0 bridgehead atoms. The van der Waals surface area contributed by atoms with Gasteiger partial charge in [-0.1, -0.05) is 20.4 Å². The summed E-state index contributed by atoms with van der Waals surface area (Å²) >= 11 is 0. The van der Waals surface area contributed by atoms with Crippen LogP contribution in [0.25, 0.3) is 0 Å². The van der Waals surface area contributed by atoms with Gasteiger partial charge in [0.05, 0.1) is 35.1 Å². The molecule has 0 aromatic heterocycles. The molecule has 0 aromatic carbocycles. The Morgan fingerprint density at radius 1 is 1.11 bits per heavy atom. The molecule has 3 saturated carbocycles. The molecule has 4 rings (SSSR count). The van der Waals surface area contributed by atoms with Gasteiger partial charge >= 0.3 is 0 Å². The van der Waals surface area contributed by atoms with Gasteiger partial charge in [0, 0.05) is 11.3 Å². The lowest BCUT2D eigenvalue weighted by Crippen LogP contribution is -2.62. The largest absolute Gasteiger partial charge is 0.390 e. The van der Waals surface area contributed by atoms with Crippen molar-refractivity contribution < 1.29 is 35.4 Å². The Morgan fingerprint density at radius 2 is 1.74 bits per heavy atom. The summed E-state index contributed by atoms with van der Waals surface area (Å²) in [6.07, 6.45) is 1.27. The van der Waals surface area contributed by atoms with Crippen molar-refractivity contribution in [2.45, 2.75) is 115 Å². The predicted octanol–water partition coefficient (Wildman–Crippen LogP) is 2.02. The van der Waals surface area contributed by atoms with Crippen LogP contribution in [0.1, 0.15) is 79.6 Å². The second kappa shape index (κ2) is 8.20. The van der Waals surface area contributed by atoms with Gasteiger partial charge in [-0.05, 0) is 100 Å². The van der Waals surface area contributed by atoms with Gasteiger partial charge in [0.2, 0.25) is 0 Å². The third kappa shape index (κ3) is 3.80. The molecule has 198 valence electrons. The lowest BCUT2D eigenvalue weighted by Gasteiger charge is -2.60. The molecule has 35 heavy (non-hydrogen) atoms. The number of fused-ring (bicyclic) bond motifs is 5. The summed E-state index contributed by atoms with van der Waals surface area (Å²) < 4.78 is 0. The van der Waals surface area contributed by atoms with Crippen molar-refractivity contribution in [1.29, 1.82) is 0 Å². The molecule has 7 nitrogen and oxygen atoms in total. The lowest BCUT2D eigenvalue weighted by atomic mass is 9.45. The first-order valence-electron chi connectivity index (χ1n) is 13.0. The molecule has 0 spiro atoms. The van der Waals surface area contributed by atoms with Crippen LogP contribution < -0.4 is 0 Å². The molecule has 4 aliphatic carbocycles. The number of rotatable bonds is 5. The Labute approximate surface area is 208 Å². The monoisotopic (exact) mass is 492 g/mol. The van der Waals surface area contributed by atoms with E-state index in [0.29, 0.717) is 43.3 Å². The first-order chi connectivity index (χ1) is 15.9. The van der Waals surface area contributed by atoms with E-state index in [4.69, 9.17) is 0 Å². The number of carbonyl (C=O) groups excluding carboxylic acids is 1. The van der Waals surface area contributed by atoms with Crippen molar-refractivity contribution in [2.24, 2.45) is 28.6 Å². The minimum absolute atomic E-state index is 0.0330. The maximum atomic E-state index is 13.3. The molecule has 7 heteroatoms. The van der Waals surface area contributed by atoms with Gasteiger partial charge in [-0.3, -0.25) is 4.79 Å². The zero-order valence-corrected chi connectivity index (χ0v) is 21.8. The van der Waals surface area contributed by atoms with Gasteiger partial charge in [0.15, 0.2) is 5.78 Å². The first kappa shape index (κ1) is 27.0. The van der Waals surface area contributed by atoms with Gasteiger partial charge in [-0.15, -0.1) is 0 Å². The summed E-state index contributed by atoms with van der Waals surface area (Å²) in [5.74, 6) is -1.04. The normalized spacial score (nSPS) is 46.1. The molecule has 4 aliphatic rings. The fourth-order valence-electron chi connectivity index (χ4n) is 8.23. The van der Waals surface area contributed by atoms with Crippen LogP contribution in [-0.4, -0.2) is 71.5 Å². The average molecular weight is 493 g/mol. The van der Waals surface area contributed by atoms with E-state index in [9.17, 15) is 35.4 Å². The van der Waals surface area contributed by atoms with E-state index < -0.39 is 57.8 Å². The van der Waals surface area contributed by atoms with Gasteiger partial charge in [-0.2, -0.15) is 0 Å². The van der Waals surface area contributed by atoms with Crippen molar-refractivity contribution in [2.75, 3.05) is 0 Å². The Balaban J connectivity index is 1.67. The van der Waals surface area contributed by atoms with Crippen molar-refractivity contribution in [3.8, 4) is 0 Å². The molecule has 0 heterocycles. The second-order valence-electron chi connectivity index (χ2n) is 13.2. The number of aliphatic hydroxyl groups is 6. The summed E-state index contributed by atoms with van der Waals surface area (Å²) in [4.78, 5) is 13.3. The number of ketones is 1. The number of aliphatic hydroxyl groups excluding tert-OH is 3. The van der Waals surface area contributed by atoms with E-state index >= 15 is 0 Å². The number of hydrogen-bond donors (Lipinski definition) is 6. The zero-order valence-electron chi connectivity index (χ0n) is 21.8. The topological polar surface area (TPSA) is 138 Å². The van der Waals surface area contributed by atoms with E-state index in [1.54, 1.807) is 26.8 Å². The molecule has 3 fully saturated rings. The summed E-state index contributed by atoms with van der Waals surface area (Å²) in [5.41, 5.74) is -4.27. The molecule has 0 amide bonds. The number of hydrogen-bond acceptors (Lipinski definition) is 7. The minimum atomic E-state index is -1.54. The first-order valence-corrected chi connectivity index (χ1v) is 13.0. The Hall–Kier alpha value is -1.09. The Kier molecular flexibility index (Phi) is 6.32. The number of allylic oxidation sites excluding steroid dienone is 1. The van der Waals surface area contributed by atoms with Gasteiger partial charge in [0.25, 0.3) is 0 Å². The van der Waals surface area contributed by atoms with Gasteiger partial charge in [0.1, 0.15) is 0 Å². The maximum Gasteiger partial charge on any atom is 0.159 e. The quantitative estimate of drug-likeness (QED) is 0.323. The average Bonchev–Trinajstić information content (AvgIpc) is 3.01. The Bertz CT molecular complexity index is 932. The third-order valence-electron chi connectivity index (χ3n) is 10.8. The van der Waals surface area contributed by atoms with Gasteiger partial charge < -0.3 is 30.6 Å². The zero-order chi connectivity index (χ0) is 26.4. The standard InChI is InChI=1S/C28H44O7/c1-15(24(2,3)33)11-23(32)27(6,34)22-8-10-28(35)17-12-19(29)18-13-20(30)21(31)14-25(18,4)16(17)7-9-26(22,28)5/h12,16,18,20-23,30-35H,1,7-11,13-14H2,2-6H3/t16-,18-,20-,21+,22+,23-,25-,26+,27+,28-/m1/s1. The highest BCUT2D eigenvalue weighted by Crippen LogP contribution is 2.68. The molecule has 0 aliphatic heterocycles. The number of carbonyl (C=O) groups is 1. The van der Waals surface area contributed by atoms with Crippen molar-refractivity contribution >= 4 is 5.78 Å². The van der Waals surface area contributed by atoms with Crippen LogP contribution in [0.5, 0.6) is 0 Å². The molecule has 10 atom stereocenters. The van der Waals surface area contributed by atoms with Crippen molar-refractivity contribution in [3.63, 3.8) is 0 Å². The molecule has 0 radical (unpaired) electrons. The molecular formula is C28H44O7. The van der Waals surface area contributed by atoms with Crippen LogP contribution in [0.4, 0.5) is 0 Å². The molecule has 6 N–H and O–H groups in total. The van der Waals surface area contributed by atoms with Crippen LogP contribution in [0.3, 0.4) is 0 Å². The second-order valence-corrected chi connectivity index (χ2v) is 13.2. The van der Waals surface area contributed by atoms with Crippen LogP contribution in [-0.2, 0) is 4.79 Å². The van der Waals surface area contributed by atoms with Crippen LogP contribution in [0.2, 0.25) is 0 Å².